The predicted molar refractivity (Wildman–Crippen MR) is 52.7 cm³/mol. The molecular formula is C11H15NO. The fourth-order valence-corrected chi connectivity index (χ4v) is 2.10. The second kappa shape index (κ2) is 3.48. The van der Waals surface area contributed by atoms with Crippen molar-refractivity contribution in [2.45, 2.75) is 18.6 Å². The van der Waals surface area contributed by atoms with Gasteiger partial charge in [-0.05, 0) is 24.6 Å². The minimum Gasteiger partial charge on any atom is -0.375 e. The molecule has 1 aromatic rings. The van der Waals surface area contributed by atoms with Gasteiger partial charge in [-0.3, -0.25) is 0 Å². The topological polar surface area (TPSA) is 21.3 Å². The van der Waals surface area contributed by atoms with Crippen molar-refractivity contribution in [3.8, 4) is 0 Å². The van der Waals surface area contributed by atoms with Crippen LogP contribution in [0.4, 0.5) is 0 Å². The lowest BCUT2D eigenvalue weighted by Crippen LogP contribution is -2.30. The van der Waals surface area contributed by atoms with Crippen molar-refractivity contribution in [3.63, 3.8) is 0 Å². The molecule has 0 amide bonds. The van der Waals surface area contributed by atoms with Gasteiger partial charge in [-0.2, -0.15) is 0 Å². The molecule has 0 fully saturated rings. The maximum atomic E-state index is 5.48. The Labute approximate surface area is 78.9 Å². The molecule has 1 aliphatic carbocycles. The zero-order chi connectivity index (χ0) is 9.26. The van der Waals surface area contributed by atoms with E-state index in [1.165, 1.54) is 11.1 Å². The van der Waals surface area contributed by atoms with Gasteiger partial charge in [-0.25, -0.2) is 0 Å². The predicted octanol–water partition coefficient (Wildman–Crippen LogP) is 1.52. The number of likely N-dealkylation sites (N-methyl/N-ethyl adjacent to an activating group) is 1. The van der Waals surface area contributed by atoms with Gasteiger partial charge in [0.05, 0.1) is 6.10 Å². The Hall–Kier alpha value is -0.860. The summed E-state index contributed by atoms with van der Waals surface area (Å²) in [5.41, 5.74) is 2.75. The van der Waals surface area contributed by atoms with E-state index in [1.54, 1.807) is 7.11 Å². The fraction of sp³-hybridized carbons (Fsp3) is 0.455. The molecule has 2 atom stereocenters. The molecule has 0 saturated carbocycles. The number of methoxy groups -OCH3 is 1. The summed E-state index contributed by atoms with van der Waals surface area (Å²) in [6.07, 6.45) is 1.30. The van der Waals surface area contributed by atoms with E-state index < -0.39 is 0 Å². The maximum Gasteiger partial charge on any atom is 0.0979 e. The molecule has 0 spiro atoms. The van der Waals surface area contributed by atoms with Gasteiger partial charge < -0.3 is 10.1 Å². The minimum absolute atomic E-state index is 0.223. The monoisotopic (exact) mass is 177 g/mol. The maximum absolute atomic E-state index is 5.48. The summed E-state index contributed by atoms with van der Waals surface area (Å²) in [7, 11) is 3.76. The van der Waals surface area contributed by atoms with Gasteiger partial charge >= 0.3 is 0 Å². The van der Waals surface area contributed by atoms with Crippen LogP contribution in [0.5, 0.6) is 0 Å². The lowest BCUT2D eigenvalue weighted by molar-refractivity contribution is 0.0809. The zero-order valence-electron chi connectivity index (χ0n) is 8.08. The molecule has 70 valence electrons. The van der Waals surface area contributed by atoms with E-state index >= 15 is 0 Å². The fourth-order valence-electron chi connectivity index (χ4n) is 2.10. The van der Waals surface area contributed by atoms with Crippen LogP contribution in [0.1, 0.15) is 17.2 Å². The molecular weight excluding hydrogens is 162 g/mol. The Kier molecular flexibility index (Phi) is 2.34. The Morgan fingerprint density at radius 1 is 1.38 bits per heavy atom. The van der Waals surface area contributed by atoms with E-state index in [0.717, 1.165) is 6.42 Å². The minimum atomic E-state index is 0.223. The lowest BCUT2D eigenvalue weighted by Gasteiger charge is -2.17. The Morgan fingerprint density at radius 3 is 2.85 bits per heavy atom. The van der Waals surface area contributed by atoms with Crippen LogP contribution in [0.15, 0.2) is 24.3 Å². The molecule has 2 heteroatoms. The summed E-state index contributed by atoms with van der Waals surface area (Å²) in [5.74, 6) is 0. The van der Waals surface area contributed by atoms with Crippen molar-refractivity contribution in [1.82, 2.24) is 5.32 Å². The quantitative estimate of drug-likeness (QED) is 0.739. The van der Waals surface area contributed by atoms with E-state index in [-0.39, 0.29) is 6.10 Å². The normalized spacial score (nSPS) is 26.0. The van der Waals surface area contributed by atoms with Crippen LogP contribution in [0.2, 0.25) is 0 Å². The van der Waals surface area contributed by atoms with E-state index in [0.29, 0.717) is 6.04 Å². The molecule has 0 heterocycles. The molecule has 0 bridgehead atoms. The highest BCUT2D eigenvalue weighted by molar-refractivity contribution is 5.36. The number of nitrogens with one attached hydrogen (secondary N) is 1. The van der Waals surface area contributed by atoms with Crippen molar-refractivity contribution >= 4 is 0 Å². The molecule has 0 aromatic heterocycles. The first-order valence-corrected chi connectivity index (χ1v) is 4.64. The van der Waals surface area contributed by atoms with Crippen LogP contribution in [0.3, 0.4) is 0 Å². The molecule has 13 heavy (non-hydrogen) atoms. The van der Waals surface area contributed by atoms with Gasteiger partial charge in [0, 0.05) is 13.2 Å². The van der Waals surface area contributed by atoms with Gasteiger partial charge in [-0.1, -0.05) is 24.3 Å². The van der Waals surface area contributed by atoms with Crippen LogP contribution < -0.4 is 5.32 Å². The third-order valence-corrected chi connectivity index (χ3v) is 2.79. The van der Waals surface area contributed by atoms with Crippen molar-refractivity contribution in [1.29, 1.82) is 0 Å². The number of hydrogen-bond acceptors (Lipinski definition) is 2. The van der Waals surface area contributed by atoms with E-state index in [9.17, 15) is 0 Å². The highest BCUT2D eigenvalue weighted by Gasteiger charge is 2.30. The first-order valence-electron chi connectivity index (χ1n) is 4.64. The summed E-state index contributed by atoms with van der Waals surface area (Å²) < 4.78 is 5.48. The van der Waals surface area contributed by atoms with Crippen LogP contribution >= 0.6 is 0 Å². The Balaban J connectivity index is 2.34. The van der Waals surface area contributed by atoms with Crippen LogP contribution in [0, 0.1) is 0 Å². The van der Waals surface area contributed by atoms with Gasteiger partial charge in [0.1, 0.15) is 0 Å². The number of ether oxygens (including phenoxy) is 1. The number of rotatable bonds is 2. The Morgan fingerprint density at radius 2 is 2.15 bits per heavy atom. The molecule has 0 saturated heterocycles. The van der Waals surface area contributed by atoms with E-state index in [2.05, 4.69) is 29.6 Å². The second-order valence-corrected chi connectivity index (χ2v) is 3.45. The van der Waals surface area contributed by atoms with E-state index in [4.69, 9.17) is 4.74 Å². The number of benzene rings is 1. The zero-order valence-corrected chi connectivity index (χ0v) is 8.08. The number of hydrogen-bond donors (Lipinski definition) is 1. The van der Waals surface area contributed by atoms with Gasteiger partial charge in [-0.15, -0.1) is 0 Å². The standard InChI is InChI=1S/C11H15NO/c1-12-10-7-8-5-3-4-6-9(8)11(10)13-2/h3-6,10-12H,7H2,1-2H3/t10-,11+/m1/s1. The van der Waals surface area contributed by atoms with Crippen molar-refractivity contribution in [2.24, 2.45) is 0 Å². The molecule has 0 radical (unpaired) electrons. The molecule has 1 aliphatic rings. The number of fused-ring (bicyclic) bond motifs is 1. The van der Waals surface area contributed by atoms with Gasteiger partial charge in [0.2, 0.25) is 0 Å². The first-order chi connectivity index (χ1) is 6.36. The summed E-state index contributed by atoms with van der Waals surface area (Å²) >= 11 is 0. The Bertz CT molecular complexity index is 298. The van der Waals surface area contributed by atoms with Crippen LogP contribution in [-0.4, -0.2) is 20.2 Å². The van der Waals surface area contributed by atoms with Crippen molar-refractivity contribution in [3.05, 3.63) is 35.4 Å². The second-order valence-electron chi connectivity index (χ2n) is 3.45. The molecule has 1 N–H and O–H groups in total. The summed E-state index contributed by atoms with van der Waals surface area (Å²) in [6, 6.07) is 8.92. The smallest absolute Gasteiger partial charge is 0.0979 e. The molecule has 2 rings (SSSR count). The van der Waals surface area contributed by atoms with Crippen molar-refractivity contribution < 1.29 is 4.74 Å². The highest BCUT2D eigenvalue weighted by Crippen LogP contribution is 2.33. The average Bonchev–Trinajstić information content (AvgIpc) is 2.55. The first kappa shape index (κ1) is 8.73. The molecule has 2 nitrogen and oxygen atoms in total. The van der Waals surface area contributed by atoms with E-state index in [1.807, 2.05) is 7.05 Å². The highest BCUT2D eigenvalue weighted by atomic mass is 16.5. The third kappa shape index (κ3) is 1.36. The van der Waals surface area contributed by atoms with Gasteiger partial charge in [0.25, 0.3) is 0 Å². The molecule has 1 aromatic carbocycles. The van der Waals surface area contributed by atoms with Gasteiger partial charge in [0.15, 0.2) is 0 Å². The third-order valence-electron chi connectivity index (χ3n) is 2.79. The molecule has 0 unspecified atom stereocenters. The molecule has 0 aliphatic heterocycles. The average molecular weight is 177 g/mol. The van der Waals surface area contributed by atoms with Crippen LogP contribution in [0.25, 0.3) is 0 Å². The summed E-state index contributed by atoms with van der Waals surface area (Å²) in [4.78, 5) is 0. The van der Waals surface area contributed by atoms with Crippen molar-refractivity contribution in [2.75, 3.05) is 14.2 Å². The summed E-state index contributed by atoms with van der Waals surface area (Å²) in [5, 5.41) is 3.29. The lowest BCUT2D eigenvalue weighted by atomic mass is 10.1. The SMILES string of the molecule is CN[C@@H]1Cc2ccccc2[C@@H]1OC. The van der Waals surface area contributed by atoms with Crippen LogP contribution in [-0.2, 0) is 11.2 Å². The summed E-state index contributed by atoms with van der Waals surface area (Å²) in [6.45, 7) is 0. The largest absolute Gasteiger partial charge is 0.375 e.